The molecule has 0 aliphatic carbocycles. The first-order valence-corrected chi connectivity index (χ1v) is 6.48. The summed E-state index contributed by atoms with van der Waals surface area (Å²) in [6, 6.07) is 7.78. The molecule has 3 amide bonds. The van der Waals surface area contributed by atoms with Crippen molar-refractivity contribution in [3.63, 3.8) is 0 Å². The third-order valence-electron chi connectivity index (χ3n) is 2.83. The number of carbonyl (C=O) groups excluding carboxylic acids is 2. The Morgan fingerprint density at radius 3 is 2.74 bits per heavy atom. The van der Waals surface area contributed by atoms with E-state index in [1.165, 1.54) is 29.5 Å². The molecule has 96 valence electrons. The van der Waals surface area contributed by atoms with E-state index in [4.69, 9.17) is 0 Å². The van der Waals surface area contributed by atoms with Crippen LogP contribution in [0.1, 0.15) is 10.9 Å². The van der Waals surface area contributed by atoms with Crippen LogP contribution in [-0.4, -0.2) is 11.9 Å². The lowest BCUT2D eigenvalue weighted by atomic mass is 10.2. The van der Waals surface area contributed by atoms with Gasteiger partial charge >= 0.3 is 6.03 Å². The molecule has 1 unspecified atom stereocenters. The van der Waals surface area contributed by atoms with Gasteiger partial charge in [-0.2, -0.15) is 0 Å². The zero-order chi connectivity index (χ0) is 13.4. The first-order valence-electron chi connectivity index (χ1n) is 5.60. The van der Waals surface area contributed by atoms with Gasteiger partial charge in [0.1, 0.15) is 11.9 Å². The number of amides is 3. The lowest BCUT2D eigenvalue weighted by Gasteiger charge is -2.12. The highest BCUT2D eigenvalue weighted by Gasteiger charge is 2.40. The summed E-state index contributed by atoms with van der Waals surface area (Å²) in [5.74, 6) is -0.879. The van der Waals surface area contributed by atoms with Gasteiger partial charge < -0.3 is 5.32 Å². The van der Waals surface area contributed by atoms with Crippen LogP contribution in [0.4, 0.5) is 14.9 Å². The predicted octanol–water partition coefficient (Wildman–Crippen LogP) is 2.68. The van der Waals surface area contributed by atoms with E-state index in [2.05, 4.69) is 5.32 Å². The lowest BCUT2D eigenvalue weighted by Crippen LogP contribution is -2.30. The Labute approximate surface area is 112 Å². The number of nitrogens with zero attached hydrogens (tertiary/aromatic N) is 1. The summed E-state index contributed by atoms with van der Waals surface area (Å²) in [6.45, 7) is 0. The predicted molar refractivity (Wildman–Crippen MR) is 69.5 cm³/mol. The van der Waals surface area contributed by atoms with Crippen molar-refractivity contribution >= 4 is 29.0 Å². The molecule has 1 saturated heterocycles. The number of hydrogen-bond donors (Lipinski definition) is 1. The lowest BCUT2D eigenvalue weighted by molar-refractivity contribution is -0.118. The number of halogens is 1. The van der Waals surface area contributed by atoms with E-state index < -0.39 is 23.8 Å². The Morgan fingerprint density at radius 2 is 2.05 bits per heavy atom. The van der Waals surface area contributed by atoms with E-state index in [1.807, 2.05) is 11.4 Å². The largest absolute Gasteiger partial charge is 0.329 e. The van der Waals surface area contributed by atoms with Crippen molar-refractivity contribution in [1.29, 1.82) is 0 Å². The molecule has 1 aliphatic heterocycles. The van der Waals surface area contributed by atoms with Crippen LogP contribution in [0.2, 0.25) is 0 Å². The van der Waals surface area contributed by atoms with Crippen molar-refractivity contribution in [1.82, 2.24) is 5.32 Å². The number of hydrogen-bond acceptors (Lipinski definition) is 3. The number of anilines is 1. The monoisotopic (exact) mass is 276 g/mol. The highest BCUT2D eigenvalue weighted by molar-refractivity contribution is 7.10. The molecule has 0 radical (unpaired) electrons. The summed E-state index contributed by atoms with van der Waals surface area (Å²) in [7, 11) is 0. The third-order valence-corrected chi connectivity index (χ3v) is 3.77. The molecule has 2 heterocycles. The van der Waals surface area contributed by atoms with Crippen LogP contribution < -0.4 is 10.2 Å². The Kier molecular flexibility index (Phi) is 2.79. The number of carbonyl (C=O) groups is 2. The van der Waals surface area contributed by atoms with Gasteiger partial charge in [0.25, 0.3) is 5.91 Å². The summed E-state index contributed by atoms with van der Waals surface area (Å²) >= 11 is 1.39. The van der Waals surface area contributed by atoms with E-state index in [-0.39, 0.29) is 5.69 Å². The third kappa shape index (κ3) is 2.00. The smallest absolute Gasteiger partial charge is 0.321 e. The van der Waals surface area contributed by atoms with Crippen LogP contribution in [0.3, 0.4) is 0 Å². The number of benzene rings is 1. The number of imide groups is 1. The molecule has 1 aliphatic rings. The molecule has 1 atom stereocenters. The Morgan fingerprint density at radius 1 is 1.21 bits per heavy atom. The molecule has 1 fully saturated rings. The average molecular weight is 276 g/mol. The van der Waals surface area contributed by atoms with Gasteiger partial charge in [0.15, 0.2) is 0 Å². The van der Waals surface area contributed by atoms with Crippen LogP contribution in [0.5, 0.6) is 0 Å². The second kappa shape index (κ2) is 4.47. The molecule has 1 N–H and O–H groups in total. The van der Waals surface area contributed by atoms with Gasteiger partial charge in [-0.25, -0.2) is 14.1 Å². The first-order chi connectivity index (χ1) is 9.16. The summed E-state index contributed by atoms with van der Waals surface area (Å²) in [5.41, 5.74) is 0.238. The zero-order valence-corrected chi connectivity index (χ0v) is 10.5. The van der Waals surface area contributed by atoms with Crippen molar-refractivity contribution < 1.29 is 14.0 Å². The normalized spacial score (nSPS) is 18.8. The van der Waals surface area contributed by atoms with Crippen LogP contribution in [-0.2, 0) is 4.79 Å². The molecule has 0 spiro atoms. The van der Waals surface area contributed by atoms with Gasteiger partial charge in [0.05, 0.1) is 5.69 Å². The van der Waals surface area contributed by atoms with Gasteiger partial charge in [0, 0.05) is 4.88 Å². The molecule has 1 aromatic carbocycles. The molecule has 2 aromatic rings. The van der Waals surface area contributed by atoms with E-state index >= 15 is 0 Å². The average Bonchev–Trinajstić information content (AvgIpc) is 2.97. The summed E-state index contributed by atoms with van der Waals surface area (Å²) in [5, 5.41) is 4.43. The highest BCUT2D eigenvalue weighted by atomic mass is 32.1. The number of rotatable bonds is 2. The Bertz CT molecular complexity index is 642. The number of nitrogens with one attached hydrogen (secondary N) is 1. The molecule has 6 heteroatoms. The Balaban J connectivity index is 1.96. The van der Waals surface area contributed by atoms with E-state index in [9.17, 15) is 14.0 Å². The molecule has 3 rings (SSSR count). The zero-order valence-electron chi connectivity index (χ0n) is 9.67. The topological polar surface area (TPSA) is 49.4 Å². The highest BCUT2D eigenvalue weighted by Crippen LogP contribution is 2.29. The van der Waals surface area contributed by atoms with E-state index in [0.29, 0.717) is 0 Å². The molecular formula is C13H9FN2O2S. The van der Waals surface area contributed by atoms with Crippen molar-refractivity contribution in [2.45, 2.75) is 6.04 Å². The second-order valence-electron chi connectivity index (χ2n) is 4.05. The first kappa shape index (κ1) is 11.9. The maximum Gasteiger partial charge on any atom is 0.329 e. The fourth-order valence-corrected chi connectivity index (χ4v) is 2.75. The number of thiophene rings is 1. The van der Waals surface area contributed by atoms with Crippen LogP contribution in [0, 0.1) is 5.82 Å². The van der Waals surface area contributed by atoms with Gasteiger partial charge in [-0.3, -0.25) is 4.79 Å². The SMILES string of the molecule is O=C1NC(c2cccs2)C(=O)N1c1cccc(F)c1. The molecule has 19 heavy (non-hydrogen) atoms. The van der Waals surface area contributed by atoms with Gasteiger partial charge in [0.2, 0.25) is 0 Å². The fourth-order valence-electron chi connectivity index (χ4n) is 1.99. The van der Waals surface area contributed by atoms with Crippen LogP contribution >= 0.6 is 11.3 Å². The number of urea groups is 1. The van der Waals surface area contributed by atoms with Gasteiger partial charge in [-0.05, 0) is 29.6 Å². The molecular weight excluding hydrogens is 267 g/mol. The van der Waals surface area contributed by atoms with Crippen molar-refractivity contribution in [2.24, 2.45) is 0 Å². The quantitative estimate of drug-likeness (QED) is 0.857. The van der Waals surface area contributed by atoms with E-state index in [0.717, 1.165) is 15.8 Å². The van der Waals surface area contributed by atoms with Crippen LogP contribution in [0.25, 0.3) is 0 Å². The summed E-state index contributed by atoms with van der Waals surface area (Å²) in [6.07, 6.45) is 0. The summed E-state index contributed by atoms with van der Waals surface area (Å²) < 4.78 is 13.2. The van der Waals surface area contributed by atoms with Crippen molar-refractivity contribution in [3.05, 3.63) is 52.5 Å². The minimum atomic E-state index is -0.684. The maximum atomic E-state index is 13.2. The second-order valence-corrected chi connectivity index (χ2v) is 5.03. The van der Waals surface area contributed by atoms with Crippen molar-refractivity contribution in [3.8, 4) is 0 Å². The standard InChI is InChI=1S/C13H9FN2O2S/c14-8-3-1-4-9(7-8)16-12(17)11(15-13(16)18)10-5-2-6-19-10/h1-7,11H,(H,15,18). The molecule has 0 saturated carbocycles. The molecule has 0 bridgehead atoms. The maximum absolute atomic E-state index is 13.2. The summed E-state index contributed by atoms with van der Waals surface area (Å²) in [4.78, 5) is 25.9. The molecule has 1 aromatic heterocycles. The molecule has 4 nitrogen and oxygen atoms in total. The van der Waals surface area contributed by atoms with Crippen molar-refractivity contribution in [2.75, 3.05) is 4.90 Å². The van der Waals surface area contributed by atoms with Crippen LogP contribution in [0.15, 0.2) is 41.8 Å². The fraction of sp³-hybridized carbons (Fsp3) is 0.0769. The van der Waals surface area contributed by atoms with Gasteiger partial charge in [-0.1, -0.05) is 12.1 Å². The minimum absolute atomic E-state index is 0.238. The van der Waals surface area contributed by atoms with Gasteiger partial charge in [-0.15, -0.1) is 11.3 Å². The minimum Gasteiger partial charge on any atom is -0.321 e. The Hall–Kier alpha value is -2.21. The van der Waals surface area contributed by atoms with E-state index in [1.54, 1.807) is 6.07 Å².